The molecule has 13 aliphatic rings. The number of fused-ring (bicyclic) bond motifs is 7. The molecule has 8 saturated heterocycles. The van der Waals surface area contributed by atoms with Crippen molar-refractivity contribution in [3.8, 4) is 0 Å². The lowest BCUT2D eigenvalue weighted by atomic mass is 9.33. The van der Waals surface area contributed by atoms with E-state index < -0.39 is 336 Å². The van der Waals surface area contributed by atoms with Gasteiger partial charge in [0.05, 0.1) is 63.6 Å². The summed E-state index contributed by atoms with van der Waals surface area (Å²) in [5.41, 5.74) is -5.09. The molecule has 125 heavy (non-hydrogen) atoms. The van der Waals surface area contributed by atoms with E-state index in [2.05, 4.69) is 61.1 Å². The van der Waals surface area contributed by atoms with Gasteiger partial charge in [0, 0.05) is 5.57 Å². The molecule has 0 aromatic rings. The zero-order valence-electron chi connectivity index (χ0n) is 71.9. The van der Waals surface area contributed by atoms with E-state index in [-0.39, 0.29) is 43.1 Å². The van der Waals surface area contributed by atoms with Crippen LogP contribution in [0.1, 0.15) is 140 Å². The second-order valence-electron chi connectivity index (χ2n) is 39.2. The zero-order valence-corrected chi connectivity index (χ0v) is 71.9. The monoisotopic (exact) mass is 1800 g/mol. The highest BCUT2D eigenvalue weighted by molar-refractivity contribution is 5.87. The Morgan fingerprint density at radius 3 is 1.63 bits per heavy atom. The molecule has 8 aliphatic heterocycles. The Morgan fingerprint density at radius 2 is 1.01 bits per heavy atom. The van der Waals surface area contributed by atoms with Gasteiger partial charge in [-0.05, 0) is 136 Å². The number of aliphatic hydroxyl groups is 22. The van der Waals surface area contributed by atoms with E-state index in [0.717, 1.165) is 5.57 Å². The summed E-state index contributed by atoms with van der Waals surface area (Å²) in [5.74, 6) is -2.83. The van der Waals surface area contributed by atoms with Gasteiger partial charge in [-0.25, -0.2) is 4.79 Å². The molecule has 0 amide bonds. The molecule has 716 valence electrons. The summed E-state index contributed by atoms with van der Waals surface area (Å²) in [4.78, 5) is 30.2. The molecule has 1 unspecified atom stereocenters. The van der Waals surface area contributed by atoms with Crippen LogP contribution in [0.15, 0.2) is 36.0 Å². The zero-order chi connectivity index (χ0) is 91.4. The van der Waals surface area contributed by atoms with Crippen molar-refractivity contribution in [2.45, 2.75) is 379 Å². The van der Waals surface area contributed by atoms with Crippen molar-refractivity contribution in [2.24, 2.45) is 50.2 Å². The van der Waals surface area contributed by atoms with Crippen molar-refractivity contribution < 1.29 is 202 Å². The Balaban J connectivity index is 0.762. The fourth-order valence-electron chi connectivity index (χ4n) is 22.3. The summed E-state index contributed by atoms with van der Waals surface area (Å²) in [6.45, 7) is 18.5. The summed E-state index contributed by atoms with van der Waals surface area (Å²) < 4.78 is 103. The van der Waals surface area contributed by atoms with Crippen LogP contribution in [-0.2, 0) is 90.1 Å². The van der Waals surface area contributed by atoms with Crippen molar-refractivity contribution in [2.75, 3.05) is 46.2 Å². The van der Waals surface area contributed by atoms with E-state index in [1.165, 1.54) is 32.9 Å². The predicted molar refractivity (Wildman–Crippen MR) is 417 cm³/mol. The van der Waals surface area contributed by atoms with Crippen LogP contribution in [0.2, 0.25) is 0 Å². The Hall–Kier alpha value is -3.32. The lowest BCUT2D eigenvalue weighted by molar-refractivity contribution is -0.401. The third kappa shape index (κ3) is 18.9. The van der Waals surface area contributed by atoms with Crippen LogP contribution in [0.25, 0.3) is 0 Å². The molecule has 0 radical (unpaired) electrons. The quantitative estimate of drug-likeness (QED) is 0.0175. The number of carbonyl (C=O) groups excluding carboxylic acids is 2. The molecule has 0 aromatic carbocycles. The van der Waals surface area contributed by atoms with Gasteiger partial charge < -0.3 is 193 Å². The number of carbonyl (C=O) groups is 2. The molecule has 0 spiro atoms. The first-order valence-electron chi connectivity index (χ1n) is 43.6. The Kier molecular flexibility index (Phi) is 30.6. The first-order valence-corrected chi connectivity index (χ1v) is 43.6. The Morgan fingerprint density at radius 1 is 0.504 bits per heavy atom. The van der Waals surface area contributed by atoms with Crippen molar-refractivity contribution in [3.05, 3.63) is 36.0 Å². The third-order valence-electron chi connectivity index (χ3n) is 30.3. The van der Waals surface area contributed by atoms with Crippen LogP contribution in [0.5, 0.6) is 0 Å². The van der Waals surface area contributed by atoms with Crippen molar-refractivity contribution in [3.63, 3.8) is 0 Å². The van der Waals surface area contributed by atoms with Crippen LogP contribution in [0.4, 0.5) is 0 Å². The molecule has 5 aliphatic carbocycles. The first-order chi connectivity index (χ1) is 58.6. The van der Waals surface area contributed by atoms with Gasteiger partial charge in [0.1, 0.15) is 171 Å². The minimum atomic E-state index is -2.25. The maximum atomic E-state index is 16.4. The average molecular weight is 1800 g/mol. The molecule has 4 saturated carbocycles. The van der Waals surface area contributed by atoms with Gasteiger partial charge in [-0.3, -0.25) is 4.79 Å². The topological polar surface area (TPSA) is 636 Å². The van der Waals surface area contributed by atoms with Crippen LogP contribution < -0.4 is 0 Å². The molecule has 41 nitrogen and oxygen atoms in total. The highest BCUT2D eigenvalue weighted by Gasteiger charge is 2.73. The van der Waals surface area contributed by atoms with Crippen LogP contribution in [0.3, 0.4) is 0 Å². The number of hydrogen-bond donors (Lipinski definition) is 22. The van der Waals surface area contributed by atoms with E-state index in [1.54, 1.807) is 0 Å². The molecular formula is C84H134O41. The van der Waals surface area contributed by atoms with Gasteiger partial charge in [-0.2, -0.15) is 0 Å². The predicted octanol–water partition coefficient (Wildman–Crippen LogP) is -5.97. The van der Waals surface area contributed by atoms with E-state index in [4.69, 9.17) is 80.5 Å². The van der Waals surface area contributed by atoms with E-state index >= 15 is 4.79 Å². The number of rotatable bonds is 25. The second kappa shape index (κ2) is 38.6. The maximum Gasteiger partial charge on any atom is 0.333 e. The fourth-order valence-corrected chi connectivity index (χ4v) is 22.3. The molecule has 8 heterocycles. The van der Waals surface area contributed by atoms with Gasteiger partial charge in [0.25, 0.3) is 0 Å². The minimum absolute atomic E-state index is 0.0274. The van der Waals surface area contributed by atoms with E-state index in [9.17, 15) is 117 Å². The Labute approximate surface area is 723 Å². The largest absolute Gasteiger partial charge is 0.459 e. The van der Waals surface area contributed by atoms with E-state index in [1.807, 2.05) is 0 Å². The summed E-state index contributed by atoms with van der Waals surface area (Å²) in [5, 5.41) is 246. The van der Waals surface area contributed by atoms with Gasteiger partial charge >= 0.3 is 11.9 Å². The highest BCUT2D eigenvalue weighted by atomic mass is 16.8. The maximum absolute atomic E-state index is 16.4. The summed E-state index contributed by atoms with van der Waals surface area (Å²) in [6.07, 6.45) is -58.3. The molecule has 0 bridgehead atoms. The molecule has 41 heteroatoms. The smallest absolute Gasteiger partial charge is 0.333 e. The molecule has 13 rings (SSSR count). The molecular weight excluding hydrogens is 1660 g/mol. The van der Waals surface area contributed by atoms with Crippen LogP contribution in [0, 0.1) is 50.2 Å². The first kappa shape index (κ1) is 99.2. The number of aliphatic hydroxyl groups excluding tert-OH is 21. The highest BCUT2D eigenvalue weighted by Crippen LogP contribution is 2.76. The van der Waals surface area contributed by atoms with Gasteiger partial charge in [-0.1, -0.05) is 72.3 Å². The SMILES string of the molecule is C=CC(C)(O)CC/C=C(\C)C(=O)OC[C@H]1O[C@@H](OC(=O)[C@]23CCC(C)(C)C[C@H]2C2=CC[C@@H]4[C@@]5(C)CC[C@H](O[C@@H]6O[C@H](CO[C@@H]7OC[C@H](O)[C@H](O)[C@H]7O[C@@H]7OC[C@@H](O)[C@H](O)[C@H]7O)[C@@H](O)[C@H](O)[C@H]6O)C(C)(C)[C@@H]5CC[C@@]4(C)[C@]2(C)C[C@H]3O)[C@H](O[C@@H]2O[C@@H](C)[C@H](O[C@@H]3OC[C@@H](O)[C@H](O[C@@H]4OC[C@@H](O)[C@H](O)[C@H]4O)[C@H]3O)[C@@H](O)[C@H]2O[C@@H]2O[C@H](CO)[C@H](O)[C@H](O)[C@H]2O)[C@@H](O)[C@@H]1O. The molecule has 12 fully saturated rings. The van der Waals surface area contributed by atoms with Gasteiger partial charge in [-0.15, -0.1) is 6.58 Å². The van der Waals surface area contributed by atoms with Crippen molar-refractivity contribution in [1.82, 2.24) is 0 Å². The van der Waals surface area contributed by atoms with Crippen molar-refractivity contribution in [1.29, 1.82) is 0 Å². The molecule has 0 aromatic heterocycles. The minimum Gasteiger partial charge on any atom is -0.459 e. The number of hydrogen-bond acceptors (Lipinski definition) is 41. The number of esters is 2. The van der Waals surface area contributed by atoms with E-state index in [0.29, 0.717) is 44.9 Å². The fraction of sp³-hybridized carbons (Fsp3) is 0.905. The summed E-state index contributed by atoms with van der Waals surface area (Å²) in [7, 11) is 0. The van der Waals surface area contributed by atoms with Crippen LogP contribution >= 0.6 is 0 Å². The number of allylic oxidation sites excluding steroid dienone is 3. The summed E-state index contributed by atoms with van der Waals surface area (Å²) >= 11 is 0. The number of ether oxygens (including phenoxy) is 17. The summed E-state index contributed by atoms with van der Waals surface area (Å²) in [6, 6.07) is 0. The average Bonchev–Trinajstić information content (AvgIpc) is 0.669. The molecule has 46 atom stereocenters. The van der Waals surface area contributed by atoms with Crippen LogP contribution in [-0.4, -0.2) is 410 Å². The van der Waals surface area contributed by atoms with Crippen molar-refractivity contribution >= 4 is 11.9 Å². The standard InChI is InChI=1S/C84H134O41/c1-12-80(8,108)19-13-14-33(2)68(106)109-31-42-53(96)56(99)66(124-75-67(123-73-60(103)54(97)51(94)41(26-85)116-73)61(104)63(34(3)115-75)120-71-62(105)64(40(89)30-112-71)121-69-57(100)48(91)37(86)27-110-69)76(118-42)125-77(107)84-23-22-78(4,5)24-36(84)35-15-16-45-81(9)20-18-47(79(6,7)44(81)17-21-82(45,10)83(35,11)25-46(84)90)119-72-59(102)55(98)52(95)43(117-72)32-114-74-65(50(93)39(88)29-113-74)122-70-58(101)49(92)38(87)28-111-70/h12,14-15,34,36-67,69-76,85-105,108H,1,13,16-32H2,2-11H3/b33-14+/t34-,36-,37+,38+,39-,40+,41+,42+,43+,44-,45+,46+,47-,48-,49-,50-,51-,52+,53+,54-,55-,56-,57+,58+,59+,60+,61+,62+,63-,64-,65+,66+,67+,69-,70-,71-,72-,73-,74-,75-,76-,80?,81-,82+,83+,84+/m0/s1. The molecule has 22 N–H and O–H groups in total. The second-order valence-corrected chi connectivity index (χ2v) is 39.2. The lowest BCUT2D eigenvalue weighted by Gasteiger charge is -2.71. The Bertz CT molecular complexity index is 3710. The normalized spacial score (nSPS) is 51.2. The van der Waals surface area contributed by atoms with Gasteiger partial charge in [0.15, 0.2) is 50.1 Å². The third-order valence-corrected chi connectivity index (χ3v) is 30.3. The lowest BCUT2D eigenvalue weighted by Crippen LogP contribution is -2.69. The van der Waals surface area contributed by atoms with Gasteiger partial charge in [0.2, 0.25) is 6.29 Å².